The molecule has 172 valence electrons. The number of ether oxygens (including phenoxy) is 2. The number of nitrogens with zero attached hydrogens (tertiary/aromatic N) is 1. The zero-order valence-electron chi connectivity index (χ0n) is 17.7. The molecule has 2 fully saturated rings. The lowest BCUT2D eigenvalue weighted by Crippen LogP contribution is -2.49. The van der Waals surface area contributed by atoms with Gasteiger partial charge in [-0.15, -0.1) is 13.2 Å². The van der Waals surface area contributed by atoms with Crippen LogP contribution in [0.15, 0.2) is 48.5 Å². The lowest BCUT2D eigenvalue weighted by molar-refractivity contribution is -0.274. The van der Waals surface area contributed by atoms with E-state index in [1.165, 1.54) is 57.3 Å². The van der Waals surface area contributed by atoms with Crippen molar-refractivity contribution in [2.75, 3.05) is 25.0 Å². The van der Waals surface area contributed by atoms with E-state index in [4.69, 9.17) is 4.74 Å². The molecule has 0 saturated carbocycles. The van der Waals surface area contributed by atoms with Crippen molar-refractivity contribution >= 4 is 11.6 Å². The number of benzene rings is 2. The van der Waals surface area contributed by atoms with Crippen molar-refractivity contribution in [2.45, 2.75) is 44.5 Å². The smallest absolute Gasteiger partial charge is 0.493 e. The molecule has 2 aromatic carbocycles. The number of carbonyl (C=O) groups excluding carboxylic acids is 1. The molecular weight excluding hydrogens is 421 g/mol. The summed E-state index contributed by atoms with van der Waals surface area (Å²) in [7, 11) is 0. The topological polar surface area (TPSA) is 50.8 Å². The molecule has 2 heterocycles. The van der Waals surface area contributed by atoms with E-state index in [1.807, 2.05) is 12.1 Å². The van der Waals surface area contributed by atoms with E-state index in [-0.39, 0.29) is 11.3 Å². The number of fused-ring (bicyclic) bond motifs is 1. The maximum absolute atomic E-state index is 12.4. The van der Waals surface area contributed by atoms with E-state index in [9.17, 15) is 18.0 Å². The van der Waals surface area contributed by atoms with Gasteiger partial charge in [0.15, 0.2) is 0 Å². The Kier molecular flexibility index (Phi) is 6.89. The number of amides is 1. The summed E-state index contributed by atoms with van der Waals surface area (Å²) >= 11 is 0. The second-order valence-electron chi connectivity index (χ2n) is 8.36. The van der Waals surface area contributed by atoms with Crippen LogP contribution in [0.4, 0.5) is 18.9 Å². The fourth-order valence-electron chi connectivity index (χ4n) is 4.62. The second-order valence-corrected chi connectivity index (χ2v) is 8.36. The van der Waals surface area contributed by atoms with Gasteiger partial charge >= 0.3 is 6.36 Å². The number of hydrogen-bond donors (Lipinski definition) is 1. The van der Waals surface area contributed by atoms with Crippen molar-refractivity contribution in [1.82, 2.24) is 4.90 Å². The van der Waals surface area contributed by atoms with Gasteiger partial charge < -0.3 is 14.8 Å². The van der Waals surface area contributed by atoms with Crippen LogP contribution in [0.25, 0.3) is 0 Å². The van der Waals surface area contributed by atoms with Crippen molar-refractivity contribution in [3.8, 4) is 11.5 Å². The normalized spacial score (nSPS) is 21.5. The van der Waals surface area contributed by atoms with E-state index < -0.39 is 12.3 Å². The van der Waals surface area contributed by atoms with Crippen LogP contribution in [0.1, 0.15) is 42.5 Å². The zero-order valence-corrected chi connectivity index (χ0v) is 17.7. The second kappa shape index (κ2) is 9.81. The summed E-state index contributed by atoms with van der Waals surface area (Å²) in [6.45, 7) is 3.10. The van der Waals surface area contributed by atoms with Gasteiger partial charge in [0.2, 0.25) is 0 Å². The van der Waals surface area contributed by atoms with Crippen LogP contribution in [0.2, 0.25) is 0 Å². The molecule has 2 saturated heterocycles. The molecule has 8 heteroatoms. The molecule has 2 aliphatic heterocycles. The highest BCUT2D eigenvalue weighted by Crippen LogP contribution is 2.31. The van der Waals surface area contributed by atoms with E-state index >= 15 is 0 Å². The molecule has 1 amide bonds. The first-order valence-corrected chi connectivity index (χ1v) is 11.0. The summed E-state index contributed by atoms with van der Waals surface area (Å²) in [5, 5.41) is 2.73. The van der Waals surface area contributed by atoms with Gasteiger partial charge in [-0.05, 0) is 87.3 Å². The van der Waals surface area contributed by atoms with Crippen molar-refractivity contribution in [3.05, 3.63) is 54.1 Å². The van der Waals surface area contributed by atoms with Gasteiger partial charge in [-0.2, -0.15) is 0 Å². The Morgan fingerprint density at radius 2 is 1.62 bits per heavy atom. The van der Waals surface area contributed by atoms with Crippen molar-refractivity contribution in [2.24, 2.45) is 5.92 Å². The number of anilines is 1. The Hall–Kier alpha value is -2.74. The first kappa shape index (κ1) is 22.5. The molecule has 0 bridgehead atoms. The van der Waals surface area contributed by atoms with Gasteiger partial charge in [-0.3, -0.25) is 9.69 Å². The Bertz CT molecular complexity index is 898. The minimum Gasteiger partial charge on any atom is -0.493 e. The highest BCUT2D eigenvalue weighted by atomic mass is 19.4. The largest absolute Gasteiger partial charge is 0.573 e. The Morgan fingerprint density at radius 3 is 2.34 bits per heavy atom. The van der Waals surface area contributed by atoms with Crippen LogP contribution in [0, 0.1) is 5.92 Å². The highest BCUT2D eigenvalue weighted by Gasteiger charge is 2.33. The standard InChI is InChI=1S/C24H27F3N2O3/c25-24(26,27)32-21-10-6-17(7-11-21)23(30)28-19-8-12-20(13-9-19)31-16-18-4-3-15-29-14-2-1-5-22(18)29/h6-13,18,22H,1-5,14-16H2,(H,28,30)/t18-,22+/m0/s1. The van der Waals surface area contributed by atoms with Crippen LogP contribution < -0.4 is 14.8 Å². The Morgan fingerprint density at radius 1 is 0.938 bits per heavy atom. The average molecular weight is 448 g/mol. The number of nitrogens with one attached hydrogen (secondary N) is 1. The van der Waals surface area contributed by atoms with Crippen LogP contribution in [-0.2, 0) is 0 Å². The number of halogens is 3. The van der Waals surface area contributed by atoms with E-state index in [0.29, 0.717) is 24.3 Å². The third-order valence-electron chi connectivity index (χ3n) is 6.15. The van der Waals surface area contributed by atoms with E-state index in [1.54, 1.807) is 12.1 Å². The maximum Gasteiger partial charge on any atom is 0.573 e. The molecular formula is C24H27F3N2O3. The summed E-state index contributed by atoms with van der Waals surface area (Å²) in [5.74, 6) is 0.513. The van der Waals surface area contributed by atoms with Crippen molar-refractivity contribution < 1.29 is 27.4 Å². The van der Waals surface area contributed by atoms with Crippen LogP contribution in [0.3, 0.4) is 0 Å². The first-order valence-electron chi connectivity index (χ1n) is 11.0. The molecule has 4 rings (SSSR count). The van der Waals surface area contributed by atoms with E-state index in [2.05, 4.69) is 15.0 Å². The molecule has 1 N–H and O–H groups in total. The monoisotopic (exact) mass is 448 g/mol. The lowest BCUT2D eigenvalue weighted by atomic mass is 9.84. The van der Waals surface area contributed by atoms with E-state index in [0.717, 1.165) is 17.9 Å². The molecule has 2 atom stereocenters. The molecule has 0 radical (unpaired) electrons. The Labute approximate surface area is 185 Å². The third kappa shape index (κ3) is 5.94. The molecule has 0 unspecified atom stereocenters. The fraction of sp³-hybridized carbons (Fsp3) is 0.458. The third-order valence-corrected chi connectivity index (χ3v) is 6.15. The van der Waals surface area contributed by atoms with Crippen LogP contribution in [-0.4, -0.2) is 42.9 Å². The summed E-state index contributed by atoms with van der Waals surface area (Å²) in [5.41, 5.74) is 0.809. The summed E-state index contributed by atoms with van der Waals surface area (Å²) < 4.78 is 46.6. The predicted octanol–water partition coefficient (Wildman–Crippen LogP) is 5.48. The van der Waals surface area contributed by atoms with Crippen molar-refractivity contribution in [3.63, 3.8) is 0 Å². The number of rotatable bonds is 6. The quantitative estimate of drug-likeness (QED) is 0.636. The van der Waals surface area contributed by atoms with Crippen LogP contribution >= 0.6 is 0 Å². The van der Waals surface area contributed by atoms with Gasteiger partial charge in [0.05, 0.1) is 6.61 Å². The molecule has 32 heavy (non-hydrogen) atoms. The van der Waals surface area contributed by atoms with Gasteiger partial charge in [-0.25, -0.2) is 0 Å². The zero-order chi connectivity index (χ0) is 22.6. The number of piperidine rings is 2. The number of alkyl halides is 3. The summed E-state index contributed by atoms with van der Waals surface area (Å²) in [4.78, 5) is 15.0. The van der Waals surface area contributed by atoms with Crippen molar-refractivity contribution in [1.29, 1.82) is 0 Å². The maximum atomic E-state index is 12.4. The molecule has 0 aromatic heterocycles. The van der Waals surface area contributed by atoms with Gasteiger partial charge in [0, 0.05) is 23.2 Å². The SMILES string of the molecule is O=C(Nc1ccc(OC[C@@H]2CCCN3CCCC[C@H]23)cc1)c1ccc(OC(F)(F)F)cc1. The fourth-order valence-corrected chi connectivity index (χ4v) is 4.62. The Balaban J connectivity index is 1.28. The van der Waals surface area contributed by atoms with Gasteiger partial charge in [0.25, 0.3) is 5.91 Å². The highest BCUT2D eigenvalue weighted by molar-refractivity contribution is 6.04. The summed E-state index contributed by atoms with van der Waals surface area (Å²) in [6.07, 6.45) is 1.50. The molecule has 0 spiro atoms. The van der Waals surface area contributed by atoms with Gasteiger partial charge in [-0.1, -0.05) is 6.42 Å². The summed E-state index contributed by atoms with van der Waals surface area (Å²) in [6, 6.07) is 12.6. The molecule has 0 aliphatic carbocycles. The average Bonchev–Trinajstić information content (AvgIpc) is 2.78. The number of hydrogen-bond acceptors (Lipinski definition) is 4. The predicted molar refractivity (Wildman–Crippen MR) is 115 cm³/mol. The van der Waals surface area contributed by atoms with Crippen LogP contribution in [0.5, 0.6) is 11.5 Å². The minimum absolute atomic E-state index is 0.231. The molecule has 2 aromatic rings. The molecule has 5 nitrogen and oxygen atoms in total. The molecule has 2 aliphatic rings. The van der Waals surface area contributed by atoms with Gasteiger partial charge in [0.1, 0.15) is 11.5 Å². The lowest BCUT2D eigenvalue weighted by Gasteiger charge is -2.44. The number of carbonyl (C=O) groups is 1. The minimum atomic E-state index is -4.76. The first-order chi connectivity index (χ1) is 15.4.